The first kappa shape index (κ1) is 27.0. The van der Waals surface area contributed by atoms with Gasteiger partial charge in [-0.1, -0.05) is 17.3 Å². The fourth-order valence-electron chi connectivity index (χ4n) is 3.22. The van der Waals surface area contributed by atoms with Crippen LogP contribution in [-0.2, 0) is 31.6 Å². The second kappa shape index (κ2) is 9.84. The van der Waals surface area contributed by atoms with Gasteiger partial charge < -0.3 is 9.63 Å². The molecule has 2 aromatic carbocycles. The lowest BCUT2D eigenvalue weighted by Crippen LogP contribution is -2.12. The summed E-state index contributed by atoms with van der Waals surface area (Å²) >= 11 is 0. The van der Waals surface area contributed by atoms with E-state index in [4.69, 9.17) is 4.52 Å². The van der Waals surface area contributed by atoms with E-state index in [1.807, 2.05) is 0 Å². The summed E-state index contributed by atoms with van der Waals surface area (Å²) in [5, 5.41) is 17.0. The molecule has 0 aliphatic carbocycles. The normalized spacial score (nSPS) is 13.2. The van der Waals surface area contributed by atoms with Crippen LogP contribution >= 0.6 is 0 Å². The highest BCUT2D eigenvalue weighted by molar-refractivity contribution is 6.01. The van der Waals surface area contributed by atoms with Crippen molar-refractivity contribution in [3.8, 4) is 0 Å². The first-order valence-electron chi connectivity index (χ1n) is 9.94. The van der Waals surface area contributed by atoms with Crippen LogP contribution in [0.4, 0.5) is 45.2 Å². The number of aliphatic hydroxyl groups is 1. The van der Waals surface area contributed by atoms with E-state index < -0.39 is 47.5 Å². The van der Waals surface area contributed by atoms with Crippen LogP contribution in [0, 0.1) is 0 Å². The maximum atomic E-state index is 13.1. The van der Waals surface area contributed by atoms with Crippen molar-refractivity contribution in [2.24, 2.45) is 5.10 Å². The van der Waals surface area contributed by atoms with Gasteiger partial charge in [-0.05, 0) is 42.8 Å². The molecule has 1 heterocycles. The molecule has 0 saturated carbocycles. The third-order valence-electron chi connectivity index (χ3n) is 4.93. The van der Waals surface area contributed by atoms with E-state index in [1.165, 1.54) is 19.1 Å². The van der Waals surface area contributed by atoms with Gasteiger partial charge in [0.1, 0.15) is 5.69 Å². The number of nitrogens with one attached hydrogen (secondary N) is 1. The summed E-state index contributed by atoms with van der Waals surface area (Å²) in [6.07, 6.45) is -14.7. The Bertz CT molecular complexity index is 1210. The molecule has 0 bridgehead atoms. The number of aromatic nitrogens is 1. The lowest BCUT2D eigenvalue weighted by atomic mass is 10.0. The lowest BCUT2D eigenvalue weighted by molar-refractivity contribution is -0.143. The highest BCUT2D eigenvalue weighted by Crippen LogP contribution is 2.37. The standard InChI is InChI=1S/C22H16F9N3O2/c1-11(32-33-16-8-14(21(26,27)28)7-15(9-16)22(29,30)31)19-17(10-35)34-36-18(19)6-12-2-4-13(5-3-12)20(23,24)25/h2-5,7-9,33,35H,6,10H2,1H3/b32-11+. The molecule has 0 aliphatic heterocycles. The molecular weight excluding hydrogens is 509 g/mol. The van der Waals surface area contributed by atoms with Crippen molar-refractivity contribution < 1.29 is 49.1 Å². The first-order chi connectivity index (χ1) is 16.6. The number of hydrazone groups is 1. The van der Waals surface area contributed by atoms with Crippen LogP contribution in [0.15, 0.2) is 52.1 Å². The molecule has 0 fully saturated rings. The van der Waals surface area contributed by atoms with Gasteiger partial charge in [-0.2, -0.15) is 44.6 Å². The number of aliphatic hydroxyl groups excluding tert-OH is 1. The summed E-state index contributed by atoms with van der Waals surface area (Å²) in [6.45, 7) is 0.674. The summed E-state index contributed by atoms with van der Waals surface area (Å²) in [5.74, 6) is 0.0573. The van der Waals surface area contributed by atoms with Gasteiger partial charge in [0, 0.05) is 6.42 Å². The summed E-state index contributed by atoms with van der Waals surface area (Å²) < 4.78 is 122. The molecule has 0 radical (unpaired) electrons. The number of benzene rings is 2. The zero-order valence-corrected chi connectivity index (χ0v) is 18.1. The van der Waals surface area contributed by atoms with Gasteiger partial charge >= 0.3 is 18.5 Å². The Labute approximate surface area is 197 Å². The van der Waals surface area contributed by atoms with E-state index in [-0.39, 0.29) is 35.2 Å². The third kappa shape index (κ3) is 6.36. The molecule has 0 spiro atoms. The van der Waals surface area contributed by atoms with Crippen molar-refractivity contribution in [2.75, 3.05) is 5.43 Å². The molecule has 0 aliphatic rings. The van der Waals surface area contributed by atoms with Gasteiger partial charge in [-0.3, -0.25) is 5.43 Å². The third-order valence-corrected chi connectivity index (χ3v) is 4.93. The fraction of sp³-hybridized carbons (Fsp3) is 0.273. The van der Waals surface area contributed by atoms with Crippen LogP contribution in [0.1, 0.15) is 46.2 Å². The Morgan fingerprint density at radius 2 is 1.39 bits per heavy atom. The summed E-state index contributed by atoms with van der Waals surface area (Å²) in [4.78, 5) is 0. The SMILES string of the molecule is C/C(=N\Nc1cc(C(F)(F)F)cc(C(F)(F)F)c1)c1c(CO)noc1Cc1ccc(C(F)(F)F)cc1. The highest BCUT2D eigenvalue weighted by Gasteiger charge is 2.37. The molecule has 0 atom stereocenters. The highest BCUT2D eigenvalue weighted by atomic mass is 19.4. The van der Waals surface area contributed by atoms with Crippen molar-refractivity contribution in [1.82, 2.24) is 5.16 Å². The van der Waals surface area contributed by atoms with Crippen molar-refractivity contribution >= 4 is 11.4 Å². The number of hydrogen-bond donors (Lipinski definition) is 2. The Hall–Kier alpha value is -3.55. The van der Waals surface area contributed by atoms with Gasteiger partial charge in [0.15, 0.2) is 5.76 Å². The molecule has 1 aromatic heterocycles. The van der Waals surface area contributed by atoms with Crippen molar-refractivity contribution in [3.05, 3.63) is 81.7 Å². The minimum Gasteiger partial charge on any atom is -0.390 e. The molecule has 5 nitrogen and oxygen atoms in total. The second-order valence-corrected chi connectivity index (χ2v) is 7.56. The van der Waals surface area contributed by atoms with E-state index >= 15 is 0 Å². The second-order valence-electron chi connectivity index (χ2n) is 7.56. The topological polar surface area (TPSA) is 70.7 Å². The van der Waals surface area contributed by atoms with E-state index in [0.717, 1.165) is 12.1 Å². The number of rotatable bonds is 6. The number of alkyl halides is 9. The summed E-state index contributed by atoms with van der Waals surface area (Å²) in [7, 11) is 0. The molecule has 194 valence electrons. The average Bonchev–Trinajstić information content (AvgIpc) is 3.18. The van der Waals surface area contributed by atoms with E-state index in [9.17, 15) is 44.6 Å². The maximum absolute atomic E-state index is 13.1. The van der Waals surface area contributed by atoms with Gasteiger partial charge in [-0.15, -0.1) is 0 Å². The van der Waals surface area contributed by atoms with Crippen LogP contribution in [-0.4, -0.2) is 16.0 Å². The smallest absolute Gasteiger partial charge is 0.390 e. The quantitative estimate of drug-likeness (QED) is 0.215. The minimum atomic E-state index is -5.05. The van der Waals surface area contributed by atoms with Gasteiger partial charge in [-0.25, -0.2) is 0 Å². The van der Waals surface area contributed by atoms with Gasteiger partial charge in [0.05, 0.1) is 40.3 Å². The van der Waals surface area contributed by atoms with E-state index in [0.29, 0.717) is 17.7 Å². The molecule has 0 amide bonds. The van der Waals surface area contributed by atoms with Crippen LogP contribution in [0.2, 0.25) is 0 Å². The summed E-state index contributed by atoms with van der Waals surface area (Å²) in [6, 6.07) is 4.94. The predicted molar refractivity (Wildman–Crippen MR) is 109 cm³/mol. The van der Waals surface area contributed by atoms with Crippen LogP contribution in [0.3, 0.4) is 0 Å². The van der Waals surface area contributed by atoms with Crippen molar-refractivity contribution in [1.29, 1.82) is 0 Å². The number of anilines is 1. The van der Waals surface area contributed by atoms with Crippen LogP contribution < -0.4 is 5.43 Å². The number of hydrogen-bond acceptors (Lipinski definition) is 5. The minimum absolute atomic E-state index is 0.0202. The molecule has 36 heavy (non-hydrogen) atoms. The Morgan fingerprint density at radius 3 is 1.86 bits per heavy atom. The molecule has 3 rings (SSSR count). The fourth-order valence-corrected chi connectivity index (χ4v) is 3.22. The van der Waals surface area contributed by atoms with Crippen molar-refractivity contribution in [2.45, 2.75) is 38.5 Å². The average molecular weight is 525 g/mol. The molecule has 14 heteroatoms. The number of nitrogens with zero attached hydrogens (tertiary/aromatic N) is 2. The van der Waals surface area contributed by atoms with E-state index in [1.54, 1.807) is 0 Å². The molecule has 2 N–H and O–H groups in total. The van der Waals surface area contributed by atoms with Crippen LogP contribution in [0.25, 0.3) is 0 Å². The van der Waals surface area contributed by atoms with Crippen molar-refractivity contribution in [3.63, 3.8) is 0 Å². The molecule has 0 saturated heterocycles. The zero-order chi connectivity index (χ0) is 26.9. The first-order valence-corrected chi connectivity index (χ1v) is 9.94. The Balaban J connectivity index is 1.92. The van der Waals surface area contributed by atoms with E-state index in [2.05, 4.69) is 15.7 Å². The molecule has 3 aromatic rings. The predicted octanol–water partition coefficient (Wildman–Crippen LogP) is 6.65. The number of halogens is 9. The Morgan fingerprint density at radius 1 is 0.861 bits per heavy atom. The Kier molecular flexibility index (Phi) is 7.39. The lowest BCUT2D eigenvalue weighted by Gasteiger charge is -2.14. The van der Waals surface area contributed by atoms with Crippen LogP contribution in [0.5, 0.6) is 0 Å². The monoisotopic (exact) mass is 525 g/mol. The van der Waals surface area contributed by atoms with Gasteiger partial charge in [0.2, 0.25) is 0 Å². The van der Waals surface area contributed by atoms with Gasteiger partial charge in [0.25, 0.3) is 0 Å². The maximum Gasteiger partial charge on any atom is 0.416 e. The largest absolute Gasteiger partial charge is 0.416 e. The molecular formula is C22H16F9N3O2. The summed E-state index contributed by atoms with van der Waals surface area (Å²) in [5.41, 5.74) is -2.03. The molecule has 0 unspecified atom stereocenters. The zero-order valence-electron chi connectivity index (χ0n) is 18.1.